The molecule has 2 rings (SSSR count). The summed E-state index contributed by atoms with van der Waals surface area (Å²) in [5, 5.41) is 8.49. The monoisotopic (exact) mass is 350 g/mol. The van der Waals surface area contributed by atoms with Crippen LogP contribution in [0.15, 0.2) is 28.5 Å². The third-order valence-electron chi connectivity index (χ3n) is 3.66. The minimum Gasteiger partial charge on any atom is -0.455 e. The van der Waals surface area contributed by atoms with Gasteiger partial charge in [0.15, 0.2) is 6.61 Å². The quantitative estimate of drug-likeness (QED) is 0.585. The van der Waals surface area contributed by atoms with Crippen molar-refractivity contribution in [2.45, 2.75) is 38.5 Å². The van der Waals surface area contributed by atoms with Crippen LogP contribution in [0.25, 0.3) is 0 Å². The number of hydrogen-bond donors (Lipinski definition) is 2. The fraction of sp³-hybridized carbons (Fsp3) is 0.471. The van der Waals surface area contributed by atoms with E-state index in [0.717, 1.165) is 24.8 Å². The molecule has 3 amide bonds. The Morgan fingerprint density at radius 1 is 1.25 bits per heavy atom. The maximum absolute atomic E-state index is 11.6. The van der Waals surface area contributed by atoms with Crippen LogP contribution < -0.4 is 10.6 Å². The first-order valence-corrected chi connectivity index (χ1v) is 9.00. The molecule has 0 bridgehead atoms. The van der Waals surface area contributed by atoms with Crippen LogP contribution in [0.3, 0.4) is 0 Å². The van der Waals surface area contributed by atoms with Gasteiger partial charge in [0.2, 0.25) is 0 Å². The van der Waals surface area contributed by atoms with E-state index in [1.54, 1.807) is 0 Å². The average molecular weight is 350 g/mol. The van der Waals surface area contributed by atoms with E-state index >= 15 is 0 Å². The van der Waals surface area contributed by atoms with Crippen molar-refractivity contribution in [2.75, 3.05) is 13.2 Å². The molecule has 2 N–H and O–H groups in total. The third kappa shape index (κ3) is 6.95. The molecule has 1 heterocycles. The molecule has 0 saturated heterocycles. The van der Waals surface area contributed by atoms with Crippen molar-refractivity contribution in [2.24, 2.45) is 0 Å². The number of thiophene rings is 1. The Balaban J connectivity index is 1.56. The minimum absolute atomic E-state index is 0.123. The van der Waals surface area contributed by atoms with Crippen LogP contribution >= 0.6 is 11.3 Å². The molecule has 130 valence electrons. The Hall–Kier alpha value is -2.15. The first-order chi connectivity index (χ1) is 11.6. The Kier molecular flexibility index (Phi) is 7.48. The highest BCUT2D eigenvalue weighted by Crippen LogP contribution is 2.19. The molecule has 6 nitrogen and oxygen atoms in total. The second kappa shape index (κ2) is 9.87. The van der Waals surface area contributed by atoms with Gasteiger partial charge in [-0.15, -0.1) is 0 Å². The van der Waals surface area contributed by atoms with Crippen LogP contribution in [0, 0.1) is 0 Å². The molecule has 0 radical (unpaired) electrons. The largest absolute Gasteiger partial charge is 0.455 e. The molecule has 0 aliphatic heterocycles. The van der Waals surface area contributed by atoms with Gasteiger partial charge in [0, 0.05) is 6.54 Å². The van der Waals surface area contributed by atoms with Gasteiger partial charge >= 0.3 is 12.0 Å². The van der Waals surface area contributed by atoms with Crippen molar-refractivity contribution in [3.8, 4) is 0 Å². The predicted octanol–water partition coefficient (Wildman–Crippen LogP) is 2.55. The van der Waals surface area contributed by atoms with E-state index in [2.05, 4.69) is 16.7 Å². The van der Waals surface area contributed by atoms with Gasteiger partial charge in [-0.3, -0.25) is 14.9 Å². The highest BCUT2D eigenvalue weighted by molar-refractivity contribution is 7.07. The predicted molar refractivity (Wildman–Crippen MR) is 91.7 cm³/mol. The Morgan fingerprint density at radius 3 is 2.83 bits per heavy atom. The first kappa shape index (κ1) is 18.2. The number of esters is 1. The average Bonchev–Trinajstić information content (AvgIpc) is 3.07. The molecular weight excluding hydrogens is 328 g/mol. The normalized spacial score (nSPS) is 13.8. The summed E-state index contributed by atoms with van der Waals surface area (Å²) < 4.78 is 4.84. The van der Waals surface area contributed by atoms with E-state index < -0.39 is 24.5 Å². The van der Waals surface area contributed by atoms with Gasteiger partial charge in [0.25, 0.3) is 5.91 Å². The lowest BCUT2D eigenvalue weighted by Crippen LogP contribution is -2.41. The highest BCUT2D eigenvalue weighted by Gasteiger charge is 2.12. The van der Waals surface area contributed by atoms with Gasteiger partial charge in [0.1, 0.15) is 0 Å². The number of carbonyl (C=O) groups is 3. The maximum atomic E-state index is 11.6. The van der Waals surface area contributed by atoms with Crippen LogP contribution in [0.2, 0.25) is 0 Å². The topological polar surface area (TPSA) is 84.5 Å². The van der Waals surface area contributed by atoms with E-state index in [1.165, 1.54) is 29.8 Å². The summed E-state index contributed by atoms with van der Waals surface area (Å²) in [6, 6.07) is 1.26. The highest BCUT2D eigenvalue weighted by atomic mass is 32.1. The van der Waals surface area contributed by atoms with Crippen LogP contribution in [0.1, 0.15) is 37.7 Å². The molecule has 0 aromatic carbocycles. The van der Waals surface area contributed by atoms with Gasteiger partial charge in [-0.1, -0.05) is 11.6 Å². The molecule has 0 saturated carbocycles. The van der Waals surface area contributed by atoms with Crippen molar-refractivity contribution >= 4 is 29.2 Å². The first-order valence-electron chi connectivity index (χ1n) is 8.06. The second-order valence-corrected chi connectivity index (χ2v) is 6.41. The summed E-state index contributed by atoms with van der Waals surface area (Å²) in [6.45, 7) is 0.0322. The summed E-state index contributed by atoms with van der Waals surface area (Å²) in [7, 11) is 0. The van der Waals surface area contributed by atoms with Gasteiger partial charge in [-0.25, -0.2) is 4.79 Å². The zero-order valence-electron chi connectivity index (χ0n) is 13.5. The Morgan fingerprint density at radius 2 is 2.12 bits per heavy atom. The number of amides is 3. The standard InChI is InChI=1S/C17H22N2O4S/c20-15(11-23-16(21)10-14-7-9-24-12-14)19-17(22)18-8-6-13-4-2-1-3-5-13/h4,7,9,12H,1-3,5-6,8,10-11H2,(H2,18,19,20,22). The molecule has 1 aromatic heterocycles. The second-order valence-electron chi connectivity index (χ2n) is 5.63. The molecule has 0 atom stereocenters. The summed E-state index contributed by atoms with van der Waals surface area (Å²) in [5.41, 5.74) is 2.20. The fourth-order valence-electron chi connectivity index (χ4n) is 2.43. The van der Waals surface area contributed by atoms with Gasteiger partial charge < -0.3 is 10.1 Å². The Bertz CT molecular complexity index is 596. The number of imide groups is 1. The van der Waals surface area contributed by atoms with Crippen LogP contribution in [-0.2, 0) is 20.7 Å². The number of hydrogen-bond acceptors (Lipinski definition) is 5. The van der Waals surface area contributed by atoms with Crippen LogP contribution in [0.4, 0.5) is 4.79 Å². The summed E-state index contributed by atoms with van der Waals surface area (Å²) in [6.07, 6.45) is 7.78. The number of urea groups is 1. The molecule has 1 aromatic rings. The van der Waals surface area contributed by atoms with Gasteiger partial charge in [0.05, 0.1) is 6.42 Å². The number of ether oxygens (including phenoxy) is 1. The fourth-order valence-corrected chi connectivity index (χ4v) is 3.10. The molecule has 0 unspecified atom stereocenters. The van der Waals surface area contributed by atoms with Gasteiger partial charge in [-0.2, -0.15) is 11.3 Å². The molecular formula is C17H22N2O4S. The zero-order chi connectivity index (χ0) is 17.2. The summed E-state index contributed by atoms with van der Waals surface area (Å²) >= 11 is 1.49. The van der Waals surface area contributed by atoms with Crippen molar-refractivity contribution < 1.29 is 19.1 Å². The van der Waals surface area contributed by atoms with E-state index in [1.807, 2.05) is 16.8 Å². The van der Waals surface area contributed by atoms with Crippen molar-refractivity contribution in [3.63, 3.8) is 0 Å². The SMILES string of the molecule is O=C(COC(=O)Cc1ccsc1)NC(=O)NCCC1=CCCCC1. The summed E-state index contributed by atoms with van der Waals surface area (Å²) in [4.78, 5) is 34.7. The van der Waals surface area contributed by atoms with Crippen molar-refractivity contribution in [1.29, 1.82) is 0 Å². The zero-order valence-corrected chi connectivity index (χ0v) is 14.3. The number of allylic oxidation sites excluding steroid dienone is 1. The van der Waals surface area contributed by atoms with E-state index in [9.17, 15) is 14.4 Å². The van der Waals surface area contributed by atoms with Crippen LogP contribution in [-0.4, -0.2) is 31.1 Å². The van der Waals surface area contributed by atoms with Crippen molar-refractivity contribution in [1.82, 2.24) is 10.6 Å². The number of rotatable bonds is 7. The van der Waals surface area contributed by atoms with Crippen LogP contribution in [0.5, 0.6) is 0 Å². The number of carbonyl (C=O) groups excluding carboxylic acids is 3. The lowest BCUT2D eigenvalue weighted by Gasteiger charge is -2.13. The lowest BCUT2D eigenvalue weighted by molar-refractivity contribution is -0.147. The molecule has 24 heavy (non-hydrogen) atoms. The molecule has 1 aliphatic rings. The molecule has 1 aliphatic carbocycles. The van der Waals surface area contributed by atoms with Gasteiger partial charge in [-0.05, 0) is 54.5 Å². The molecule has 7 heteroatoms. The molecule has 0 fully saturated rings. The molecule has 0 spiro atoms. The lowest BCUT2D eigenvalue weighted by atomic mass is 9.97. The Labute approximate surface area is 145 Å². The summed E-state index contributed by atoms with van der Waals surface area (Å²) in [5.74, 6) is -1.13. The van der Waals surface area contributed by atoms with E-state index in [4.69, 9.17) is 4.74 Å². The minimum atomic E-state index is -0.636. The van der Waals surface area contributed by atoms with Crippen molar-refractivity contribution in [3.05, 3.63) is 34.0 Å². The maximum Gasteiger partial charge on any atom is 0.321 e. The van der Waals surface area contributed by atoms with E-state index in [-0.39, 0.29) is 6.42 Å². The smallest absolute Gasteiger partial charge is 0.321 e. The van der Waals surface area contributed by atoms with E-state index in [0.29, 0.717) is 6.54 Å². The number of nitrogens with one attached hydrogen (secondary N) is 2. The third-order valence-corrected chi connectivity index (χ3v) is 4.39.